The maximum absolute atomic E-state index is 11.6. The average molecular weight is 290 g/mol. The van der Waals surface area contributed by atoms with Gasteiger partial charge in [0, 0.05) is 9.86 Å². The highest BCUT2D eigenvalue weighted by atomic mass is 79.9. The minimum absolute atomic E-state index is 0.350. The fourth-order valence-electron chi connectivity index (χ4n) is 1.05. The highest BCUT2D eigenvalue weighted by Gasteiger charge is 2.17. The van der Waals surface area contributed by atoms with E-state index in [2.05, 4.69) is 22.5 Å². The highest BCUT2D eigenvalue weighted by molar-refractivity contribution is 9.11. The van der Waals surface area contributed by atoms with E-state index in [1.807, 2.05) is 16.8 Å². The van der Waals surface area contributed by atoms with Gasteiger partial charge in [-0.3, -0.25) is 4.90 Å². The van der Waals surface area contributed by atoms with Crippen LogP contribution in [0.1, 0.15) is 6.92 Å². The summed E-state index contributed by atoms with van der Waals surface area (Å²) in [4.78, 5) is 13.2. The standard InChI is InChI=1S/C10H12BrNO2S/c1-3-14-10(13)12(6-8(2)11)9-4-5-15-7-9/h4-5,7H,2-3,6H2,1H3. The molecule has 0 saturated carbocycles. The van der Waals surface area contributed by atoms with E-state index in [0.29, 0.717) is 13.2 Å². The first-order valence-corrected chi connectivity index (χ1v) is 6.18. The second-order valence-electron chi connectivity index (χ2n) is 2.78. The molecular formula is C10H12BrNO2S. The Morgan fingerprint density at radius 3 is 2.93 bits per heavy atom. The van der Waals surface area contributed by atoms with Crippen molar-refractivity contribution in [2.24, 2.45) is 0 Å². The van der Waals surface area contributed by atoms with Crippen molar-refractivity contribution in [2.45, 2.75) is 6.92 Å². The van der Waals surface area contributed by atoms with Crippen molar-refractivity contribution < 1.29 is 9.53 Å². The summed E-state index contributed by atoms with van der Waals surface area (Å²) in [5, 5.41) is 3.81. The van der Waals surface area contributed by atoms with Gasteiger partial charge in [0.05, 0.1) is 18.8 Å². The van der Waals surface area contributed by atoms with Crippen LogP contribution >= 0.6 is 27.3 Å². The van der Waals surface area contributed by atoms with E-state index in [-0.39, 0.29) is 6.09 Å². The van der Waals surface area contributed by atoms with Crippen LogP contribution in [0.5, 0.6) is 0 Å². The zero-order valence-corrected chi connectivity index (χ0v) is 10.8. The van der Waals surface area contributed by atoms with Crippen molar-refractivity contribution in [2.75, 3.05) is 18.1 Å². The number of hydrogen-bond donors (Lipinski definition) is 0. The van der Waals surface area contributed by atoms with Crippen molar-refractivity contribution in [3.63, 3.8) is 0 Å². The smallest absolute Gasteiger partial charge is 0.414 e. The molecule has 1 aromatic rings. The number of thiophene rings is 1. The van der Waals surface area contributed by atoms with Crippen LogP contribution in [0, 0.1) is 0 Å². The van der Waals surface area contributed by atoms with Crippen molar-refractivity contribution >= 4 is 39.0 Å². The van der Waals surface area contributed by atoms with Gasteiger partial charge in [-0.1, -0.05) is 22.5 Å². The average Bonchev–Trinajstić information content (AvgIpc) is 2.66. The van der Waals surface area contributed by atoms with Gasteiger partial charge in [-0.05, 0) is 18.4 Å². The summed E-state index contributed by atoms with van der Waals surface area (Å²) in [6.07, 6.45) is -0.350. The van der Waals surface area contributed by atoms with Gasteiger partial charge in [-0.25, -0.2) is 4.79 Å². The first-order chi connectivity index (χ1) is 7.15. The Hall–Kier alpha value is -0.810. The monoisotopic (exact) mass is 289 g/mol. The molecule has 0 radical (unpaired) electrons. The molecule has 0 atom stereocenters. The van der Waals surface area contributed by atoms with Crippen LogP contribution in [0.25, 0.3) is 0 Å². The van der Waals surface area contributed by atoms with Gasteiger partial charge in [0.25, 0.3) is 0 Å². The number of carbonyl (C=O) groups excluding carboxylic acids is 1. The van der Waals surface area contributed by atoms with Crippen LogP contribution < -0.4 is 4.90 Å². The molecule has 0 saturated heterocycles. The fraction of sp³-hybridized carbons (Fsp3) is 0.300. The summed E-state index contributed by atoms with van der Waals surface area (Å²) in [6, 6.07) is 1.87. The lowest BCUT2D eigenvalue weighted by atomic mass is 10.4. The van der Waals surface area contributed by atoms with Crippen molar-refractivity contribution in [3.8, 4) is 0 Å². The van der Waals surface area contributed by atoms with Crippen LogP contribution in [0.2, 0.25) is 0 Å². The van der Waals surface area contributed by atoms with E-state index in [1.165, 1.54) is 16.2 Å². The third-order valence-corrected chi connectivity index (χ3v) is 2.56. The lowest BCUT2D eigenvalue weighted by Gasteiger charge is -2.19. The Labute approximate surface area is 101 Å². The predicted octanol–water partition coefficient (Wildman–Crippen LogP) is 3.62. The van der Waals surface area contributed by atoms with E-state index >= 15 is 0 Å². The third-order valence-electron chi connectivity index (χ3n) is 1.64. The molecule has 1 heterocycles. The van der Waals surface area contributed by atoms with E-state index in [1.54, 1.807) is 6.92 Å². The lowest BCUT2D eigenvalue weighted by Crippen LogP contribution is -2.32. The lowest BCUT2D eigenvalue weighted by molar-refractivity contribution is 0.160. The minimum Gasteiger partial charge on any atom is -0.449 e. The molecular weight excluding hydrogens is 278 g/mol. The zero-order valence-electron chi connectivity index (χ0n) is 8.40. The second kappa shape index (κ2) is 5.92. The number of anilines is 1. The van der Waals surface area contributed by atoms with Gasteiger partial charge in [-0.15, -0.1) is 0 Å². The number of ether oxygens (including phenoxy) is 1. The summed E-state index contributed by atoms with van der Waals surface area (Å²) in [5.74, 6) is 0. The zero-order chi connectivity index (χ0) is 11.3. The van der Waals surface area contributed by atoms with Crippen LogP contribution in [0.4, 0.5) is 10.5 Å². The van der Waals surface area contributed by atoms with Crippen molar-refractivity contribution in [1.82, 2.24) is 0 Å². The third kappa shape index (κ3) is 3.68. The van der Waals surface area contributed by atoms with E-state index in [0.717, 1.165) is 10.2 Å². The first-order valence-electron chi connectivity index (χ1n) is 4.45. The second-order valence-corrected chi connectivity index (χ2v) is 4.69. The molecule has 15 heavy (non-hydrogen) atoms. The largest absolute Gasteiger partial charge is 0.449 e. The minimum atomic E-state index is -0.350. The normalized spacial score (nSPS) is 9.73. The Morgan fingerprint density at radius 1 is 1.73 bits per heavy atom. The summed E-state index contributed by atoms with van der Waals surface area (Å²) >= 11 is 4.78. The Balaban J connectivity index is 2.78. The number of hydrogen-bond acceptors (Lipinski definition) is 3. The SMILES string of the molecule is C=C(Br)CN(C(=O)OCC)c1ccsc1. The van der Waals surface area contributed by atoms with Crippen LogP contribution in [0.3, 0.4) is 0 Å². The van der Waals surface area contributed by atoms with Crippen LogP contribution in [-0.4, -0.2) is 19.2 Å². The molecule has 0 bridgehead atoms. The molecule has 5 heteroatoms. The Kier molecular flexibility index (Phi) is 4.84. The Morgan fingerprint density at radius 2 is 2.47 bits per heavy atom. The molecule has 0 aromatic carbocycles. The van der Waals surface area contributed by atoms with E-state index < -0.39 is 0 Å². The van der Waals surface area contributed by atoms with Crippen molar-refractivity contribution in [1.29, 1.82) is 0 Å². The topological polar surface area (TPSA) is 29.5 Å². The molecule has 1 amide bonds. The van der Waals surface area contributed by atoms with Gasteiger partial charge in [-0.2, -0.15) is 11.3 Å². The molecule has 0 unspecified atom stereocenters. The first kappa shape index (κ1) is 12.3. The molecule has 0 aliphatic heterocycles. The molecule has 1 aromatic heterocycles. The number of amides is 1. The maximum Gasteiger partial charge on any atom is 0.414 e. The quantitative estimate of drug-likeness (QED) is 0.847. The number of rotatable bonds is 4. The summed E-state index contributed by atoms with van der Waals surface area (Å²) in [6.45, 7) is 6.28. The van der Waals surface area contributed by atoms with Gasteiger partial charge in [0.1, 0.15) is 0 Å². The van der Waals surface area contributed by atoms with Gasteiger partial charge in [0.2, 0.25) is 0 Å². The van der Waals surface area contributed by atoms with Crippen LogP contribution in [-0.2, 0) is 4.74 Å². The van der Waals surface area contributed by atoms with E-state index in [4.69, 9.17) is 4.74 Å². The summed E-state index contributed by atoms with van der Waals surface area (Å²) in [5.41, 5.74) is 0.832. The molecule has 82 valence electrons. The number of nitrogens with zero attached hydrogens (tertiary/aromatic N) is 1. The molecule has 0 spiro atoms. The maximum atomic E-state index is 11.6. The van der Waals surface area contributed by atoms with Crippen LogP contribution in [0.15, 0.2) is 27.9 Å². The molecule has 3 nitrogen and oxygen atoms in total. The summed E-state index contributed by atoms with van der Waals surface area (Å²) in [7, 11) is 0. The number of halogens is 1. The van der Waals surface area contributed by atoms with Gasteiger partial charge >= 0.3 is 6.09 Å². The highest BCUT2D eigenvalue weighted by Crippen LogP contribution is 2.21. The predicted molar refractivity (Wildman–Crippen MR) is 66.8 cm³/mol. The van der Waals surface area contributed by atoms with Gasteiger partial charge in [0.15, 0.2) is 0 Å². The fourth-order valence-corrected chi connectivity index (χ4v) is 1.94. The van der Waals surface area contributed by atoms with Crippen molar-refractivity contribution in [3.05, 3.63) is 27.9 Å². The van der Waals surface area contributed by atoms with Gasteiger partial charge < -0.3 is 4.74 Å². The molecule has 0 aliphatic rings. The molecule has 1 rings (SSSR count). The molecule has 0 aliphatic carbocycles. The summed E-state index contributed by atoms with van der Waals surface area (Å²) < 4.78 is 5.70. The number of carbonyl (C=O) groups is 1. The van der Waals surface area contributed by atoms with E-state index in [9.17, 15) is 4.79 Å². The molecule has 0 N–H and O–H groups in total. The molecule has 0 fully saturated rings. The Bertz CT molecular complexity index is 337.